The highest BCUT2D eigenvalue weighted by Crippen LogP contribution is 2.38. The molecule has 22 heavy (non-hydrogen) atoms. The number of hydrogen-bond acceptors (Lipinski definition) is 2. The van der Waals surface area contributed by atoms with Crippen molar-refractivity contribution in [2.75, 3.05) is 0 Å². The van der Waals surface area contributed by atoms with E-state index in [-0.39, 0.29) is 5.69 Å². The fraction of sp³-hybridized carbons (Fsp3) is 0.562. The molecule has 1 N–H and O–H groups in total. The van der Waals surface area contributed by atoms with Crippen LogP contribution in [-0.2, 0) is 6.18 Å². The zero-order valence-corrected chi connectivity index (χ0v) is 12.2. The van der Waals surface area contributed by atoms with Gasteiger partial charge in [0.2, 0.25) is 0 Å². The van der Waals surface area contributed by atoms with Crippen LogP contribution in [-0.4, -0.2) is 14.5 Å². The Hall–Kier alpha value is -1.56. The third kappa shape index (κ3) is 2.97. The Morgan fingerprint density at radius 1 is 1.23 bits per heavy atom. The van der Waals surface area contributed by atoms with Crippen LogP contribution in [0.5, 0.6) is 0 Å². The quantitative estimate of drug-likeness (QED) is 0.914. The van der Waals surface area contributed by atoms with Gasteiger partial charge in [-0.1, -0.05) is 32.1 Å². The van der Waals surface area contributed by atoms with Gasteiger partial charge in [0.05, 0.1) is 35.4 Å². The predicted octanol–water partition coefficient (Wildman–Crippen LogP) is 4.36. The maximum Gasteiger partial charge on any atom is 0.418 e. The molecular weight excluding hydrogens is 293 g/mol. The minimum atomic E-state index is -4.48. The Labute approximate surface area is 126 Å². The van der Waals surface area contributed by atoms with Crippen molar-refractivity contribution < 1.29 is 18.3 Å². The summed E-state index contributed by atoms with van der Waals surface area (Å²) in [6, 6.07) is 2.42. The maximum absolute atomic E-state index is 13.3. The molecule has 1 aliphatic rings. The van der Waals surface area contributed by atoms with E-state index in [1.54, 1.807) is 0 Å². The first-order valence-corrected chi connectivity index (χ1v) is 7.67. The van der Waals surface area contributed by atoms with Crippen LogP contribution in [0.2, 0.25) is 0 Å². The van der Waals surface area contributed by atoms with Gasteiger partial charge in [-0.2, -0.15) is 13.2 Å². The monoisotopic (exact) mass is 312 g/mol. The van der Waals surface area contributed by atoms with Gasteiger partial charge in [-0.15, -0.1) is 0 Å². The summed E-state index contributed by atoms with van der Waals surface area (Å²) in [5.41, 5.74) is -0.305. The van der Waals surface area contributed by atoms with Gasteiger partial charge in [0.25, 0.3) is 0 Å². The van der Waals surface area contributed by atoms with Gasteiger partial charge in [0.15, 0.2) is 0 Å². The number of nitrogens with zero attached hydrogens (tertiary/aromatic N) is 2. The van der Waals surface area contributed by atoms with Crippen molar-refractivity contribution in [1.82, 2.24) is 9.38 Å². The highest BCUT2D eigenvalue weighted by atomic mass is 19.4. The summed E-state index contributed by atoms with van der Waals surface area (Å²) in [6.45, 7) is 0. The summed E-state index contributed by atoms with van der Waals surface area (Å²) in [6.07, 6.45) is 2.94. The number of pyridine rings is 1. The summed E-state index contributed by atoms with van der Waals surface area (Å²) in [7, 11) is 0. The van der Waals surface area contributed by atoms with Gasteiger partial charge >= 0.3 is 6.18 Å². The van der Waals surface area contributed by atoms with Crippen molar-refractivity contribution in [3.63, 3.8) is 0 Å². The van der Waals surface area contributed by atoms with Crippen LogP contribution < -0.4 is 0 Å². The summed E-state index contributed by atoms with van der Waals surface area (Å²) in [5.74, 6) is 0.295. The van der Waals surface area contributed by atoms with E-state index in [0.29, 0.717) is 17.9 Å². The van der Waals surface area contributed by atoms with Crippen molar-refractivity contribution in [2.45, 2.75) is 50.8 Å². The second-order valence-corrected chi connectivity index (χ2v) is 6.07. The third-order valence-corrected chi connectivity index (χ3v) is 4.53. The minimum absolute atomic E-state index is 0.0897. The van der Waals surface area contributed by atoms with Crippen molar-refractivity contribution in [2.24, 2.45) is 5.92 Å². The molecule has 0 aromatic carbocycles. The van der Waals surface area contributed by atoms with Gasteiger partial charge in [0.1, 0.15) is 0 Å². The van der Waals surface area contributed by atoms with E-state index in [0.717, 1.165) is 31.7 Å². The van der Waals surface area contributed by atoms with E-state index < -0.39 is 17.8 Å². The topological polar surface area (TPSA) is 37.5 Å². The second kappa shape index (κ2) is 5.91. The summed E-state index contributed by atoms with van der Waals surface area (Å²) >= 11 is 0. The molecule has 0 bridgehead atoms. The lowest BCUT2D eigenvalue weighted by Gasteiger charge is -2.26. The van der Waals surface area contributed by atoms with E-state index in [2.05, 4.69) is 4.98 Å². The smallest absolute Gasteiger partial charge is 0.387 e. The number of alkyl halides is 3. The fourth-order valence-corrected chi connectivity index (χ4v) is 3.44. The summed E-state index contributed by atoms with van der Waals surface area (Å²) in [5, 5.41) is 10.5. The number of halogens is 3. The van der Waals surface area contributed by atoms with Gasteiger partial charge in [-0.05, 0) is 24.5 Å². The largest absolute Gasteiger partial charge is 0.418 e. The van der Waals surface area contributed by atoms with Gasteiger partial charge in [-0.25, -0.2) is 4.98 Å². The molecule has 2 aromatic rings. The van der Waals surface area contributed by atoms with Gasteiger partial charge in [0, 0.05) is 0 Å². The van der Waals surface area contributed by atoms with Crippen LogP contribution in [0.4, 0.5) is 13.2 Å². The Morgan fingerprint density at radius 3 is 2.64 bits per heavy atom. The SMILES string of the molecule is OC(CC1CCCCC1)c1c(C(F)(F)F)ccc2cncn12. The third-order valence-electron chi connectivity index (χ3n) is 4.53. The van der Waals surface area contributed by atoms with Crippen LogP contribution in [0.1, 0.15) is 55.9 Å². The molecule has 0 radical (unpaired) electrons. The van der Waals surface area contributed by atoms with Crippen LogP contribution in [0.15, 0.2) is 24.7 Å². The molecule has 6 heteroatoms. The molecule has 120 valence electrons. The van der Waals surface area contributed by atoms with Crippen LogP contribution in [0.3, 0.4) is 0 Å². The standard InChI is InChI=1S/C16H19F3N2O/c17-16(18,19)13-7-6-12-9-20-10-21(12)15(13)14(22)8-11-4-2-1-3-5-11/h6-7,9-11,14,22H,1-5,8H2. The van der Waals surface area contributed by atoms with Gasteiger partial charge < -0.3 is 9.51 Å². The average molecular weight is 312 g/mol. The van der Waals surface area contributed by atoms with E-state index in [9.17, 15) is 18.3 Å². The molecule has 3 nitrogen and oxygen atoms in total. The first-order valence-electron chi connectivity index (χ1n) is 7.67. The summed E-state index contributed by atoms with van der Waals surface area (Å²) in [4.78, 5) is 3.90. The Kier molecular flexibility index (Phi) is 4.12. The molecule has 1 aliphatic carbocycles. The van der Waals surface area contributed by atoms with Crippen molar-refractivity contribution in [3.8, 4) is 0 Å². The highest BCUT2D eigenvalue weighted by Gasteiger charge is 2.37. The summed E-state index contributed by atoms with van der Waals surface area (Å²) < 4.78 is 41.2. The Bertz CT molecular complexity index is 644. The second-order valence-electron chi connectivity index (χ2n) is 6.07. The zero-order chi connectivity index (χ0) is 15.7. The molecule has 1 fully saturated rings. The number of aliphatic hydroxyl groups is 1. The number of hydrogen-bond donors (Lipinski definition) is 1. The Morgan fingerprint density at radius 2 is 1.95 bits per heavy atom. The molecule has 0 saturated heterocycles. The zero-order valence-electron chi connectivity index (χ0n) is 12.2. The lowest BCUT2D eigenvalue weighted by atomic mass is 9.84. The van der Waals surface area contributed by atoms with Crippen LogP contribution in [0.25, 0.3) is 5.52 Å². The molecule has 2 aromatic heterocycles. The molecule has 0 aliphatic heterocycles. The molecule has 1 saturated carbocycles. The van der Waals surface area contributed by atoms with Crippen LogP contribution in [0, 0.1) is 5.92 Å². The normalized spacial score (nSPS) is 18.7. The van der Waals surface area contributed by atoms with E-state index in [1.807, 2.05) is 0 Å². The maximum atomic E-state index is 13.3. The first-order chi connectivity index (χ1) is 10.5. The number of rotatable bonds is 3. The van der Waals surface area contributed by atoms with E-state index in [1.165, 1.54) is 29.4 Å². The lowest BCUT2D eigenvalue weighted by Crippen LogP contribution is -2.18. The highest BCUT2D eigenvalue weighted by molar-refractivity contribution is 5.49. The molecule has 1 atom stereocenters. The van der Waals surface area contributed by atoms with Crippen molar-refractivity contribution >= 4 is 5.52 Å². The molecule has 1 unspecified atom stereocenters. The number of fused-ring (bicyclic) bond motifs is 1. The van der Waals surface area contributed by atoms with E-state index in [4.69, 9.17) is 0 Å². The number of imidazole rings is 1. The molecule has 3 rings (SSSR count). The number of aliphatic hydroxyl groups excluding tert-OH is 1. The van der Waals surface area contributed by atoms with Crippen LogP contribution >= 0.6 is 0 Å². The lowest BCUT2D eigenvalue weighted by molar-refractivity contribution is -0.139. The minimum Gasteiger partial charge on any atom is -0.387 e. The molecule has 2 heterocycles. The number of aromatic nitrogens is 2. The average Bonchev–Trinajstić information content (AvgIpc) is 2.94. The molecular formula is C16H19F3N2O. The van der Waals surface area contributed by atoms with E-state index >= 15 is 0 Å². The Balaban J connectivity index is 1.97. The fourth-order valence-electron chi connectivity index (χ4n) is 3.44. The van der Waals surface area contributed by atoms with Crippen molar-refractivity contribution in [1.29, 1.82) is 0 Å². The molecule has 0 amide bonds. The predicted molar refractivity (Wildman–Crippen MR) is 76.3 cm³/mol. The van der Waals surface area contributed by atoms with Crippen molar-refractivity contribution in [3.05, 3.63) is 35.9 Å². The van der Waals surface area contributed by atoms with Gasteiger partial charge in [-0.3, -0.25) is 0 Å². The molecule has 0 spiro atoms. The first kappa shape index (κ1) is 15.3.